The highest BCUT2D eigenvalue weighted by atomic mass is 35.5. The molecule has 2 aromatic rings. The molecule has 0 aliphatic heterocycles. The molecule has 0 aliphatic rings. The third-order valence-corrected chi connectivity index (χ3v) is 3.08. The van der Waals surface area contributed by atoms with Gasteiger partial charge in [-0.15, -0.1) is 16.4 Å². The third-order valence-electron chi connectivity index (χ3n) is 1.85. The fourth-order valence-electron chi connectivity index (χ4n) is 1.17. The summed E-state index contributed by atoms with van der Waals surface area (Å²) in [6.07, 6.45) is 1.94. The van der Waals surface area contributed by atoms with Crippen molar-refractivity contribution in [3.8, 4) is 0 Å². The summed E-state index contributed by atoms with van der Waals surface area (Å²) in [7, 11) is 1.73. The van der Waals surface area contributed by atoms with Crippen LogP contribution in [0.1, 0.15) is 15.4 Å². The Morgan fingerprint density at radius 1 is 1.60 bits per heavy atom. The lowest BCUT2D eigenvalue weighted by atomic mass is 10.2. The molecule has 0 radical (unpaired) electrons. The maximum absolute atomic E-state index is 11.7. The summed E-state index contributed by atoms with van der Waals surface area (Å²) in [5.74, 6) is -0.0402. The fraction of sp³-hybridized carbons (Fsp3) is 0.222. The van der Waals surface area contributed by atoms with Gasteiger partial charge in [-0.05, 0) is 12.1 Å². The van der Waals surface area contributed by atoms with E-state index in [1.54, 1.807) is 19.3 Å². The van der Waals surface area contributed by atoms with E-state index in [9.17, 15) is 4.79 Å². The molecule has 78 valence electrons. The van der Waals surface area contributed by atoms with Crippen LogP contribution in [0.5, 0.6) is 0 Å². The average molecular weight is 242 g/mol. The van der Waals surface area contributed by atoms with Crippen molar-refractivity contribution < 1.29 is 4.79 Å². The third kappa shape index (κ3) is 2.43. The molecule has 6 heteroatoms. The first kappa shape index (κ1) is 10.3. The number of nitrogens with zero attached hydrogens (tertiary/aromatic N) is 3. The van der Waals surface area contributed by atoms with Gasteiger partial charge in [0.15, 0.2) is 5.78 Å². The van der Waals surface area contributed by atoms with Crippen LogP contribution in [0.2, 0.25) is 4.34 Å². The van der Waals surface area contributed by atoms with Gasteiger partial charge in [-0.25, -0.2) is 0 Å². The summed E-state index contributed by atoms with van der Waals surface area (Å²) in [4.78, 5) is 12.6. The molecule has 0 aliphatic carbocycles. The smallest absolute Gasteiger partial charge is 0.189 e. The summed E-state index contributed by atoms with van der Waals surface area (Å²) in [6, 6.07) is 3.63. The number of ketones is 1. The van der Waals surface area contributed by atoms with Crippen molar-refractivity contribution in [1.29, 1.82) is 0 Å². The van der Waals surface area contributed by atoms with E-state index in [1.165, 1.54) is 16.0 Å². The molecule has 0 aromatic carbocycles. The van der Waals surface area contributed by atoms with Crippen LogP contribution in [-0.4, -0.2) is 20.8 Å². The van der Waals surface area contributed by atoms with Crippen molar-refractivity contribution in [1.82, 2.24) is 15.0 Å². The van der Waals surface area contributed by atoms with Crippen LogP contribution < -0.4 is 0 Å². The molecule has 0 bridgehead atoms. The molecule has 0 saturated carbocycles. The van der Waals surface area contributed by atoms with E-state index in [0.717, 1.165) is 4.88 Å². The van der Waals surface area contributed by atoms with Gasteiger partial charge >= 0.3 is 0 Å². The van der Waals surface area contributed by atoms with Gasteiger partial charge in [-0.1, -0.05) is 16.8 Å². The molecule has 0 unspecified atom stereocenters. The Bertz CT molecular complexity index is 491. The van der Waals surface area contributed by atoms with Crippen LogP contribution in [0.25, 0.3) is 0 Å². The predicted octanol–water partition coefficient (Wildman–Crippen LogP) is 1.96. The van der Waals surface area contributed by atoms with E-state index in [1.807, 2.05) is 6.07 Å². The lowest BCUT2D eigenvalue weighted by Gasteiger charge is -1.92. The van der Waals surface area contributed by atoms with Crippen LogP contribution in [0.3, 0.4) is 0 Å². The quantitative estimate of drug-likeness (QED) is 0.772. The fourth-order valence-corrected chi connectivity index (χ4v) is 2.26. The zero-order valence-corrected chi connectivity index (χ0v) is 9.55. The number of aryl methyl sites for hydroxylation is 1. The molecule has 2 heterocycles. The number of carbonyl (C=O) groups excluding carboxylic acids is 1. The SMILES string of the molecule is Cn1cc(C(=O)Cc2ccc(Cl)s2)nn1. The van der Waals surface area contributed by atoms with Crippen molar-refractivity contribution in [2.45, 2.75) is 6.42 Å². The van der Waals surface area contributed by atoms with Crippen molar-refractivity contribution in [3.63, 3.8) is 0 Å². The lowest BCUT2D eigenvalue weighted by molar-refractivity contribution is 0.0989. The van der Waals surface area contributed by atoms with Crippen molar-refractivity contribution in [2.24, 2.45) is 7.05 Å². The summed E-state index contributed by atoms with van der Waals surface area (Å²) < 4.78 is 2.20. The highest BCUT2D eigenvalue weighted by Crippen LogP contribution is 2.22. The largest absolute Gasteiger partial charge is 0.292 e. The summed E-state index contributed by atoms with van der Waals surface area (Å²) in [5.41, 5.74) is 0.391. The standard InChI is InChI=1S/C9H8ClN3OS/c1-13-5-7(11-12-13)8(14)4-6-2-3-9(10)15-6/h2-3,5H,4H2,1H3. The Morgan fingerprint density at radius 3 is 2.93 bits per heavy atom. The number of halogens is 1. The van der Waals surface area contributed by atoms with Crippen LogP contribution in [0.15, 0.2) is 18.3 Å². The molecule has 2 aromatic heterocycles. The number of thiophene rings is 1. The van der Waals surface area contributed by atoms with E-state index in [0.29, 0.717) is 16.5 Å². The van der Waals surface area contributed by atoms with Crippen molar-refractivity contribution in [2.75, 3.05) is 0 Å². The zero-order chi connectivity index (χ0) is 10.8. The zero-order valence-electron chi connectivity index (χ0n) is 7.98. The molecule has 15 heavy (non-hydrogen) atoms. The second-order valence-electron chi connectivity index (χ2n) is 3.08. The van der Waals surface area contributed by atoms with E-state index < -0.39 is 0 Å². The van der Waals surface area contributed by atoms with Crippen molar-refractivity contribution in [3.05, 3.63) is 33.2 Å². The van der Waals surface area contributed by atoms with Gasteiger partial charge < -0.3 is 0 Å². The summed E-state index contributed by atoms with van der Waals surface area (Å²) >= 11 is 7.18. The molecule has 4 nitrogen and oxygen atoms in total. The Labute approximate surface area is 95.5 Å². The molecule has 0 saturated heterocycles. The van der Waals surface area contributed by atoms with Gasteiger partial charge in [0.1, 0.15) is 5.69 Å². The monoisotopic (exact) mass is 241 g/mol. The molecule has 2 rings (SSSR count). The Morgan fingerprint density at radius 2 is 2.40 bits per heavy atom. The maximum atomic E-state index is 11.7. The van der Waals surface area contributed by atoms with Crippen LogP contribution in [0, 0.1) is 0 Å². The number of hydrogen-bond donors (Lipinski definition) is 0. The molecule has 0 fully saturated rings. The topological polar surface area (TPSA) is 47.8 Å². The number of Topliss-reactive ketones (excluding diaryl/α,β-unsaturated/α-hetero) is 1. The Balaban J connectivity index is 2.10. The van der Waals surface area contributed by atoms with Crippen LogP contribution in [0.4, 0.5) is 0 Å². The van der Waals surface area contributed by atoms with E-state index >= 15 is 0 Å². The molecule has 0 atom stereocenters. The lowest BCUT2D eigenvalue weighted by Crippen LogP contribution is -2.02. The van der Waals surface area contributed by atoms with Gasteiger partial charge in [0.25, 0.3) is 0 Å². The minimum Gasteiger partial charge on any atom is -0.292 e. The minimum absolute atomic E-state index is 0.0402. The molecular weight excluding hydrogens is 234 g/mol. The first-order valence-electron chi connectivity index (χ1n) is 4.29. The highest BCUT2D eigenvalue weighted by Gasteiger charge is 2.11. The van der Waals surface area contributed by atoms with Crippen LogP contribution >= 0.6 is 22.9 Å². The number of rotatable bonds is 3. The summed E-state index contributed by atoms with van der Waals surface area (Å²) in [6.45, 7) is 0. The van der Waals surface area contributed by atoms with Gasteiger partial charge in [-0.3, -0.25) is 9.48 Å². The molecule has 0 spiro atoms. The first-order chi connectivity index (χ1) is 7.15. The highest BCUT2D eigenvalue weighted by molar-refractivity contribution is 7.16. The maximum Gasteiger partial charge on any atom is 0.189 e. The first-order valence-corrected chi connectivity index (χ1v) is 5.48. The second kappa shape index (κ2) is 4.12. The number of carbonyl (C=O) groups is 1. The van der Waals surface area contributed by atoms with Crippen LogP contribution in [-0.2, 0) is 13.5 Å². The van der Waals surface area contributed by atoms with E-state index in [4.69, 9.17) is 11.6 Å². The van der Waals surface area contributed by atoms with Gasteiger partial charge in [0.2, 0.25) is 0 Å². The number of aromatic nitrogens is 3. The molecular formula is C9H8ClN3OS. The molecule has 0 N–H and O–H groups in total. The average Bonchev–Trinajstić information content (AvgIpc) is 2.75. The van der Waals surface area contributed by atoms with Gasteiger partial charge in [-0.2, -0.15) is 0 Å². The predicted molar refractivity (Wildman–Crippen MR) is 58.4 cm³/mol. The molecule has 0 amide bonds. The second-order valence-corrected chi connectivity index (χ2v) is 4.88. The van der Waals surface area contributed by atoms with E-state index in [-0.39, 0.29) is 5.78 Å². The normalized spacial score (nSPS) is 10.5. The van der Waals surface area contributed by atoms with Crippen molar-refractivity contribution >= 4 is 28.7 Å². The van der Waals surface area contributed by atoms with Gasteiger partial charge in [0, 0.05) is 18.3 Å². The Hall–Kier alpha value is -1.20. The Kier molecular flexibility index (Phi) is 2.83. The van der Waals surface area contributed by atoms with E-state index in [2.05, 4.69) is 10.3 Å². The minimum atomic E-state index is -0.0402. The summed E-state index contributed by atoms with van der Waals surface area (Å²) in [5, 5.41) is 7.46. The van der Waals surface area contributed by atoms with Gasteiger partial charge in [0.05, 0.1) is 10.5 Å². The number of hydrogen-bond acceptors (Lipinski definition) is 4.